The van der Waals surface area contributed by atoms with E-state index < -0.39 is 44.8 Å². The monoisotopic (exact) mass is 373 g/mol. The first-order valence-corrected chi connectivity index (χ1v) is 6.13. The number of hydrogen-bond donors (Lipinski definition) is 0. The van der Waals surface area contributed by atoms with Gasteiger partial charge in [-0.3, -0.25) is 0 Å². The van der Waals surface area contributed by atoms with E-state index in [-0.39, 0.29) is 0 Å². The van der Waals surface area contributed by atoms with Crippen molar-refractivity contribution >= 4 is 9.84 Å². The Kier molecular flexibility index (Phi) is 4.79. The third-order valence-corrected chi connectivity index (χ3v) is 3.70. The summed E-state index contributed by atoms with van der Waals surface area (Å²) in [5, 5.41) is 0.738. The minimum Gasteiger partial charge on any atom is -0.221 e. The zero-order valence-corrected chi connectivity index (χ0v) is 10.4. The standard InChI is InChI=1S/C7H2F11NO2S/c8-3(9,4(10,11)6(14,15)16)5(12,13)7(17,18)22(20,21)2-1-19/h2H2. The van der Waals surface area contributed by atoms with Crippen molar-refractivity contribution in [3.63, 3.8) is 0 Å². The van der Waals surface area contributed by atoms with Gasteiger partial charge in [-0.2, -0.15) is 53.6 Å². The minimum absolute atomic E-state index is 0.351. The van der Waals surface area contributed by atoms with Gasteiger partial charge in [0.25, 0.3) is 0 Å². The van der Waals surface area contributed by atoms with Crippen LogP contribution in [-0.2, 0) is 9.84 Å². The Morgan fingerprint density at radius 2 is 1.09 bits per heavy atom. The molecule has 0 bridgehead atoms. The highest BCUT2D eigenvalue weighted by atomic mass is 32.2. The zero-order valence-electron chi connectivity index (χ0n) is 9.54. The molecule has 22 heavy (non-hydrogen) atoms. The summed E-state index contributed by atoms with van der Waals surface area (Å²) in [6.07, 6.45) is -7.38. The first kappa shape index (κ1) is 20.7. The quantitative estimate of drug-likeness (QED) is 0.697. The first-order valence-electron chi connectivity index (χ1n) is 4.48. The SMILES string of the molecule is N#CCS(=O)(=O)C(F)(F)C(F)(F)C(F)(F)C(F)(F)C(F)(F)F. The first-order chi connectivity index (χ1) is 9.31. The highest BCUT2D eigenvalue weighted by Gasteiger charge is 2.89. The molecule has 15 heteroatoms. The molecule has 0 aliphatic heterocycles. The van der Waals surface area contributed by atoms with Gasteiger partial charge in [0, 0.05) is 0 Å². The van der Waals surface area contributed by atoms with E-state index in [0.717, 1.165) is 0 Å². The van der Waals surface area contributed by atoms with Gasteiger partial charge < -0.3 is 0 Å². The fourth-order valence-corrected chi connectivity index (χ4v) is 1.80. The minimum atomic E-state index is -7.82. The van der Waals surface area contributed by atoms with Gasteiger partial charge in [0.15, 0.2) is 0 Å². The predicted octanol–water partition coefficient (Wildman–Crippen LogP) is 2.99. The van der Waals surface area contributed by atoms with Crippen molar-refractivity contribution in [3.05, 3.63) is 0 Å². The lowest BCUT2D eigenvalue weighted by molar-refractivity contribution is -0.413. The molecule has 0 rings (SSSR count). The number of nitriles is 1. The molecule has 0 radical (unpaired) electrons. The smallest absolute Gasteiger partial charge is 0.221 e. The number of alkyl halides is 11. The molecule has 3 nitrogen and oxygen atoms in total. The van der Waals surface area contributed by atoms with Crippen molar-refractivity contribution in [3.8, 4) is 6.07 Å². The second kappa shape index (κ2) is 5.10. The van der Waals surface area contributed by atoms with E-state index in [1.165, 1.54) is 0 Å². The maximum Gasteiger partial charge on any atom is 0.460 e. The van der Waals surface area contributed by atoms with Crippen LogP contribution in [0.1, 0.15) is 0 Å². The molecule has 0 atom stereocenters. The second-order valence-corrected chi connectivity index (χ2v) is 5.69. The van der Waals surface area contributed by atoms with Gasteiger partial charge in [-0.25, -0.2) is 8.42 Å². The van der Waals surface area contributed by atoms with Crippen LogP contribution in [0.15, 0.2) is 0 Å². The van der Waals surface area contributed by atoms with Gasteiger partial charge in [-0.1, -0.05) is 0 Å². The summed E-state index contributed by atoms with van der Waals surface area (Å²) < 4.78 is 158. The lowest BCUT2D eigenvalue weighted by atomic mass is 10.0. The molecule has 0 aliphatic rings. The van der Waals surface area contributed by atoms with Gasteiger partial charge >= 0.3 is 29.2 Å². The molecule has 0 saturated heterocycles. The normalized spacial score (nSPS) is 15.5. The third kappa shape index (κ3) is 2.57. The molecule has 0 heterocycles. The van der Waals surface area contributed by atoms with Crippen molar-refractivity contribution < 1.29 is 56.7 Å². The summed E-state index contributed by atoms with van der Waals surface area (Å²) in [7, 11) is -6.78. The zero-order chi connectivity index (χ0) is 18.4. The van der Waals surface area contributed by atoms with Crippen molar-refractivity contribution in [1.29, 1.82) is 5.26 Å². The summed E-state index contributed by atoms with van der Waals surface area (Å²) in [4.78, 5) is 0. The molecule has 0 amide bonds. The van der Waals surface area contributed by atoms with Crippen LogP contribution in [0.2, 0.25) is 0 Å². The largest absolute Gasteiger partial charge is 0.460 e. The molecule has 0 aliphatic carbocycles. The summed E-state index contributed by atoms with van der Waals surface area (Å²) in [6.45, 7) is 0. The Balaban J connectivity index is 6.31. The molecule has 0 spiro atoms. The van der Waals surface area contributed by atoms with Gasteiger partial charge in [0.2, 0.25) is 9.84 Å². The van der Waals surface area contributed by atoms with E-state index in [1.807, 2.05) is 0 Å². The maximum atomic E-state index is 12.9. The molecule has 0 N–H and O–H groups in total. The second-order valence-electron chi connectivity index (χ2n) is 3.65. The molecule has 0 saturated carbocycles. The lowest BCUT2D eigenvalue weighted by Gasteiger charge is -2.36. The molecule has 0 aromatic heterocycles. The van der Waals surface area contributed by atoms with E-state index in [2.05, 4.69) is 0 Å². The number of sulfone groups is 1. The number of rotatable bonds is 5. The predicted molar refractivity (Wildman–Crippen MR) is 45.2 cm³/mol. The van der Waals surface area contributed by atoms with Crippen LogP contribution in [0.3, 0.4) is 0 Å². The highest BCUT2D eigenvalue weighted by molar-refractivity contribution is 7.92. The van der Waals surface area contributed by atoms with E-state index in [0.29, 0.717) is 6.07 Å². The Hall–Kier alpha value is -1.33. The molecular formula is C7H2F11NO2S. The average Bonchev–Trinajstić information content (AvgIpc) is 2.26. The van der Waals surface area contributed by atoms with Crippen LogP contribution in [0.25, 0.3) is 0 Å². The van der Waals surface area contributed by atoms with Gasteiger partial charge in [-0.15, -0.1) is 0 Å². The number of nitrogens with zero attached hydrogens (tertiary/aromatic N) is 1. The molecule has 0 fully saturated rings. The van der Waals surface area contributed by atoms with E-state index >= 15 is 0 Å². The van der Waals surface area contributed by atoms with Crippen LogP contribution < -0.4 is 0 Å². The highest BCUT2D eigenvalue weighted by Crippen LogP contribution is 2.58. The van der Waals surface area contributed by atoms with E-state index in [9.17, 15) is 56.7 Å². The average molecular weight is 373 g/mol. The van der Waals surface area contributed by atoms with E-state index in [4.69, 9.17) is 5.26 Å². The summed E-state index contributed by atoms with van der Waals surface area (Å²) in [5.41, 5.74) is 0. The summed E-state index contributed by atoms with van der Waals surface area (Å²) >= 11 is 0. The number of halogens is 11. The van der Waals surface area contributed by atoms with Crippen molar-refractivity contribution in [2.45, 2.75) is 29.2 Å². The van der Waals surface area contributed by atoms with Gasteiger partial charge in [0.1, 0.15) is 5.75 Å². The summed E-state index contributed by atoms with van der Waals surface area (Å²) in [6, 6.07) is 0.351. The Morgan fingerprint density at radius 3 is 1.36 bits per heavy atom. The van der Waals surface area contributed by atoms with E-state index in [1.54, 1.807) is 0 Å². The van der Waals surface area contributed by atoms with Gasteiger partial charge in [0.05, 0.1) is 6.07 Å². The van der Waals surface area contributed by atoms with Crippen molar-refractivity contribution in [2.24, 2.45) is 0 Å². The molecular weight excluding hydrogens is 371 g/mol. The van der Waals surface area contributed by atoms with Crippen molar-refractivity contribution in [2.75, 3.05) is 5.75 Å². The van der Waals surface area contributed by atoms with Gasteiger partial charge in [-0.05, 0) is 0 Å². The van der Waals surface area contributed by atoms with Crippen LogP contribution in [0, 0.1) is 11.3 Å². The summed E-state index contributed by atoms with van der Waals surface area (Å²) in [5.74, 6) is -25.7. The topological polar surface area (TPSA) is 57.9 Å². The Labute approximate surface area is 114 Å². The third-order valence-electron chi connectivity index (χ3n) is 2.16. The van der Waals surface area contributed by atoms with Crippen molar-refractivity contribution in [1.82, 2.24) is 0 Å². The van der Waals surface area contributed by atoms with Crippen LogP contribution in [0.4, 0.5) is 48.3 Å². The Bertz CT molecular complexity index is 570. The fourth-order valence-electron chi connectivity index (χ4n) is 0.929. The molecule has 130 valence electrons. The van der Waals surface area contributed by atoms with Crippen LogP contribution in [0.5, 0.6) is 0 Å². The van der Waals surface area contributed by atoms with Crippen LogP contribution in [-0.4, -0.2) is 43.4 Å². The number of hydrogen-bond acceptors (Lipinski definition) is 3. The maximum absolute atomic E-state index is 12.9. The lowest BCUT2D eigenvalue weighted by Crippen LogP contribution is -2.68. The molecule has 0 unspecified atom stereocenters. The molecule has 0 aromatic carbocycles. The fraction of sp³-hybridized carbons (Fsp3) is 0.857. The molecule has 0 aromatic rings. The Morgan fingerprint density at radius 1 is 0.727 bits per heavy atom. The van der Waals surface area contributed by atoms with Crippen LogP contribution >= 0.6 is 0 Å².